The summed E-state index contributed by atoms with van der Waals surface area (Å²) in [6, 6.07) is -1.05. The minimum absolute atomic E-state index is 0.212. The van der Waals surface area contributed by atoms with Crippen LogP contribution in [0.2, 0.25) is 0 Å². The van der Waals surface area contributed by atoms with Gasteiger partial charge in [0.2, 0.25) is 10.0 Å². The second-order valence-corrected chi connectivity index (χ2v) is 6.00. The molecule has 0 rings (SSSR count). The third-order valence-electron chi connectivity index (χ3n) is 2.66. The number of hydrogen-bond donors (Lipinski definition) is 2. The zero-order valence-corrected chi connectivity index (χ0v) is 12.0. The maximum absolute atomic E-state index is 11.8. The van der Waals surface area contributed by atoms with Gasteiger partial charge < -0.3 is 9.84 Å². The molecule has 0 aromatic heterocycles. The molecule has 0 spiro atoms. The number of aliphatic carboxylic acids is 1. The molecule has 6 nitrogen and oxygen atoms in total. The Morgan fingerprint density at radius 1 is 1.39 bits per heavy atom. The van der Waals surface area contributed by atoms with Crippen molar-refractivity contribution in [3.8, 4) is 0 Å². The van der Waals surface area contributed by atoms with Crippen LogP contribution in [0.1, 0.15) is 39.5 Å². The summed E-state index contributed by atoms with van der Waals surface area (Å²) in [5, 5.41) is 8.95. The molecule has 2 atom stereocenters. The van der Waals surface area contributed by atoms with Crippen LogP contribution in [0, 0.1) is 0 Å². The number of unbranched alkanes of at least 4 members (excludes halogenated alkanes) is 1. The normalized spacial score (nSPS) is 15.3. The van der Waals surface area contributed by atoms with Crippen molar-refractivity contribution in [1.29, 1.82) is 0 Å². The smallest absolute Gasteiger partial charge is 0.321 e. The van der Waals surface area contributed by atoms with Crippen LogP contribution in [0.15, 0.2) is 0 Å². The number of carboxylic acids is 1. The average molecular weight is 281 g/mol. The molecular weight excluding hydrogens is 258 g/mol. The number of hydrogen-bond acceptors (Lipinski definition) is 4. The topological polar surface area (TPSA) is 92.7 Å². The van der Waals surface area contributed by atoms with Gasteiger partial charge in [0.25, 0.3) is 0 Å². The summed E-state index contributed by atoms with van der Waals surface area (Å²) >= 11 is 0. The van der Waals surface area contributed by atoms with Crippen molar-refractivity contribution in [2.24, 2.45) is 0 Å². The SMILES string of the molecule is CCCCC(NS(=O)(=O)CC(CC)OC)C(=O)O. The second-order valence-electron chi connectivity index (χ2n) is 4.20. The first kappa shape index (κ1) is 17.3. The van der Waals surface area contributed by atoms with Crippen LogP contribution in [0.3, 0.4) is 0 Å². The molecule has 0 saturated heterocycles. The molecule has 0 radical (unpaired) electrons. The fourth-order valence-corrected chi connectivity index (χ4v) is 3.11. The van der Waals surface area contributed by atoms with Crippen LogP contribution in [0.4, 0.5) is 0 Å². The lowest BCUT2D eigenvalue weighted by Gasteiger charge is -2.17. The average Bonchev–Trinajstić information content (AvgIpc) is 2.31. The van der Waals surface area contributed by atoms with Crippen LogP contribution < -0.4 is 4.72 Å². The Labute approximate surface area is 109 Å². The van der Waals surface area contributed by atoms with Crippen molar-refractivity contribution in [2.75, 3.05) is 12.9 Å². The molecule has 2 unspecified atom stereocenters. The standard InChI is InChI=1S/C11H23NO5S/c1-4-6-7-10(11(13)14)12-18(15,16)8-9(5-2)17-3/h9-10,12H,4-8H2,1-3H3,(H,13,14). The lowest BCUT2D eigenvalue weighted by molar-refractivity contribution is -0.139. The van der Waals surface area contributed by atoms with Gasteiger partial charge in [0.15, 0.2) is 0 Å². The van der Waals surface area contributed by atoms with Gasteiger partial charge in [-0.2, -0.15) is 0 Å². The van der Waals surface area contributed by atoms with Crippen molar-refractivity contribution < 1.29 is 23.1 Å². The van der Waals surface area contributed by atoms with E-state index in [9.17, 15) is 13.2 Å². The van der Waals surface area contributed by atoms with E-state index in [4.69, 9.17) is 9.84 Å². The number of carbonyl (C=O) groups is 1. The highest BCUT2D eigenvalue weighted by atomic mass is 32.2. The molecule has 0 aromatic carbocycles. The molecule has 0 saturated carbocycles. The molecule has 0 aliphatic carbocycles. The van der Waals surface area contributed by atoms with Crippen LogP contribution in [0.25, 0.3) is 0 Å². The number of methoxy groups -OCH3 is 1. The van der Waals surface area contributed by atoms with Gasteiger partial charge in [-0.3, -0.25) is 4.79 Å². The molecule has 0 aliphatic heterocycles. The van der Waals surface area contributed by atoms with Gasteiger partial charge in [0.1, 0.15) is 6.04 Å². The molecule has 2 N–H and O–H groups in total. The Morgan fingerprint density at radius 3 is 2.39 bits per heavy atom. The van der Waals surface area contributed by atoms with Crippen LogP contribution in [-0.2, 0) is 19.6 Å². The number of ether oxygens (including phenoxy) is 1. The summed E-state index contributed by atoms with van der Waals surface area (Å²) in [5.74, 6) is -1.35. The Kier molecular flexibility index (Phi) is 8.13. The van der Waals surface area contributed by atoms with Crippen LogP contribution >= 0.6 is 0 Å². The van der Waals surface area contributed by atoms with Crippen LogP contribution in [-0.4, -0.2) is 44.5 Å². The molecular formula is C11H23NO5S. The first-order chi connectivity index (χ1) is 8.36. The number of carboxylic acid groups (broad SMARTS) is 1. The summed E-state index contributed by atoms with van der Waals surface area (Å²) in [7, 11) is -2.20. The first-order valence-electron chi connectivity index (χ1n) is 6.11. The van der Waals surface area contributed by atoms with Crippen molar-refractivity contribution in [3.05, 3.63) is 0 Å². The maximum atomic E-state index is 11.8. The third kappa shape index (κ3) is 6.93. The second kappa shape index (κ2) is 8.44. The number of nitrogens with one attached hydrogen (secondary N) is 1. The van der Waals surface area contributed by atoms with E-state index < -0.39 is 28.1 Å². The largest absolute Gasteiger partial charge is 0.480 e. The van der Waals surface area contributed by atoms with Gasteiger partial charge in [0.05, 0.1) is 11.9 Å². The highest BCUT2D eigenvalue weighted by Crippen LogP contribution is 2.06. The lowest BCUT2D eigenvalue weighted by Crippen LogP contribution is -2.43. The molecule has 108 valence electrons. The van der Waals surface area contributed by atoms with E-state index in [2.05, 4.69) is 4.72 Å². The van der Waals surface area contributed by atoms with Crippen LogP contribution in [0.5, 0.6) is 0 Å². The molecule has 0 aromatic rings. The summed E-state index contributed by atoms with van der Waals surface area (Å²) < 4.78 is 30.8. The fourth-order valence-electron chi connectivity index (χ4n) is 1.50. The Hall–Kier alpha value is -0.660. The minimum atomic E-state index is -3.64. The zero-order chi connectivity index (χ0) is 14.2. The highest BCUT2D eigenvalue weighted by Gasteiger charge is 2.25. The third-order valence-corrected chi connectivity index (χ3v) is 4.11. The van der Waals surface area contributed by atoms with E-state index in [1.54, 1.807) is 0 Å². The van der Waals surface area contributed by atoms with Crippen molar-refractivity contribution >= 4 is 16.0 Å². The molecule has 0 amide bonds. The molecule has 18 heavy (non-hydrogen) atoms. The van der Waals surface area contributed by atoms with E-state index in [1.165, 1.54) is 7.11 Å². The van der Waals surface area contributed by atoms with E-state index >= 15 is 0 Å². The van der Waals surface area contributed by atoms with E-state index in [-0.39, 0.29) is 5.75 Å². The number of rotatable bonds is 10. The predicted molar refractivity (Wildman–Crippen MR) is 69.0 cm³/mol. The maximum Gasteiger partial charge on any atom is 0.321 e. The summed E-state index contributed by atoms with van der Waals surface area (Å²) in [6.07, 6.45) is 1.93. The van der Waals surface area contributed by atoms with Crippen molar-refractivity contribution in [2.45, 2.75) is 51.7 Å². The summed E-state index contributed by atoms with van der Waals surface area (Å²) in [4.78, 5) is 10.9. The van der Waals surface area contributed by atoms with Gasteiger partial charge in [0, 0.05) is 7.11 Å². The Morgan fingerprint density at radius 2 is 2.00 bits per heavy atom. The van der Waals surface area contributed by atoms with Gasteiger partial charge in [-0.1, -0.05) is 26.7 Å². The van der Waals surface area contributed by atoms with Gasteiger partial charge in [-0.25, -0.2) is 13.1 Å². The highest BCUT2D eigenvalue weighted by molar-refractivity contribution is 7.89. The summed E-state index contributed by atoms with van der Waals surface area (Å²) in [5.41, 5.74) is 0. The Bertz CT molecular complexity index is 337. The molecule has 0 bridgehead atoms. The molecule has 0 heterocycles. The van der Waals surface area contributed by atoms with E-state index in [1.807, 2.05) is 13.8 Å². The Balaban J connectivity index is 4.55. The van der Waals surface area contributed by atoms with Gasteiger partial charge in [-0.05, 0) is 12.8 Å². The van der Waals surface area contributed by atoms with Crippen molar-refractivity contribution in [1.82, 2.24) is 4.72 Å². The molecule has 7 heteroatoms. The van der Waals surface area contributed by atoms with Gasteiger partial charge in [-0.15, -0.1) is 0 Å². The minimum Gasteiger partial charge on any atom is -0.480 e. The predicted octanol–water partition coefficient (Wildman–Crippen LogP) is 0.974. The molecule has 0 aliphatic rings. The summed E-state index contributed by atoms with van der Waals surface area (Å²) in [6.45, 7) is 3.74. The van der Waals surface area contributed by atoms with Crippen molar-refractivity contribution in [3.63, 3.8) is 0 Å². The number of sulfonamides is 1. The van der Waals surface area contributed by atoms with E-state index in [0.717, 1.165) is 6.42 Å². The first-order valence-corrected chi connectivity index (χ1v) is 7.77. The lowest BCUT2D eigenvalue weighted by atomic mass is 10.1. The van der Waals surface area contributed by atoms with E-state index in [0.29, 0.717) is 19.3 Å². The zero-order valence-electron chi connectivity index (χ0n) is 11.2. The quantitative estimate of drug-likeness (QED) is 0.622. The fraction of sp³-hybridized carbons (Fsp3) is 0.909. The van der Waals surface area contributed by atoms with Gasteiger partial charge >= 0.3 is 5.97 Å². The monoisotopic (exact) mass is 281 g/mol. The molecule has 0 fully saturated rings.